The lowest BCUT2D eigenvalue weighted by Gasteiger charge is -2.14. The van der Waals surface area contributed by atoms with E-state index >= 15 is 0 Å². The van der Waals surface area contributed by atoms with E-state index in [1.54, 1.807) is 0 Å². The Kier molecular flexibility index (Phi) is 5.70. The molecule has 8 heteroatoms. The van der Waals surface area contributed by atoms with Gasteiger partial charge in [0.15, 0.2) is 0 Å². The molecule has 0 saturated carbocycles. The molecule has 0 aromatic heterocycles. The molecule has 1 amide bonds. The Hall–Kier alpha value is -1.41. The Balaban J connectivity index is 2.84. The minimum absolute atomic E-state index is 0.301. The molecule has 1 aromatic rings. The average Bonchev–Trinajstić information content (AvgIpc) is 2.37. The number of anilines is 1. The summed E-state index contributed by atoms with van der Waals surface area (Å²) < 4.78 is 37.6. The number of halogens is 3. The molecule has 1 rings (SSSR count). The van der Waals surface area contributed by atoms with E-state index in [1.165, 1.54) is 11.8 Å². The predicted octanol–water partition coefficient (Wildman–Crippen LogP) is 2.43. The molecule has 0 fully saturated rings. The topological polar surface area (TPSA) is 75.4 Å². The number of benzene rings is 1. The molecule has 1 aromatic carbocycles. The van der Waals surface area contributed by atoms with Gasteiger partial charge in [-0.05, 0) is 36.6 Å². The van der Waals surface area contributed by atoms with Crippen LogP contribution in [-0.4, -0.2) is 29.1 Å². The van der Waals surface area contributed by atoms with E-state index in [-0.39, 0.29) is 5.69 Å². The zero-order chi connectivity index (χ0) is 15.3. The Morgan fingerprint density at radius 1 is 1.50 bits per heavy atom. The summed E-state index contributed by atoms with van der Waals surface area (Å²) in [5.74, 6) is -0.416. The van der Waals surface area contributed by atoms with E-state index in [0.29, 0.717) is 18.2 Å². The van der Waals surface area contributed by atoms with Crippen LogP contribution >= 0.6 is 11.8 Å². The lowest BCUT2D eigenvalue weighted by molar-refractivity contribution is -0.137. The summed E-state index contributed by atoms with van der Waals surface area (Å²) in [7, 11) is 0. The zero-order valence-electron chi connectivity index (χ0n) is 10.7. The van der Waals surface area contributed by atoms with Crippen LogP contribution in [0.4, 0.5) is 18.9 Å². The molecule has 0 aliphatic carbocycles. The minimum Gasteiger partial charge on any atom is -0.506 e. The molecular weight excluding hydrogens is 293 g/mol. The molecule has 0 bridgehead atoms. The van der Waals surface area contributed by atoms with E-state index in [0.717, 1.165) is 12.1 Å². The number of carbonyl (C=O) groups is 1. The van der Waals surface area contributed by atoms with Gasteiger partial charge in [0.25, 0.3) is 0 Å². The lowest BCUT2D eigenvalue weighted by atomic mass is 10.1. The first-order valence-electron chi connectivity index (χ1n) is 5.71. The number of hydrogen-bond acceptors (Lipinski definition) is 4. The van der Waals surface area contributed by atoms with Crippen molar-refractivity contribution in [1.82, 2.24) is 0 Å². The number of aromatic hydroxyl groups is 1. The van der Waals surface area contributed by atoms with Crippen LogP contribution in [0.15, 0.2) is 18.2 Å². The maximum absolute atomic E-state index is 12.5. The molecule has 20 heavy (non-hydrogen) atoms. The third kappa shape index (κ3) is 4.61. The lowest BCUT2D eigenvalue weighted by Crippen LogP contribution is -2.36. The van der Waals surface area contributed by atoms with Crippen LogP contribution in [0.2, 0.25) is 0 Å². The van der Waals surface area contributed by atoms with E-state index in [2.05, 4.69) is 5.32 Å². The summed E-state index contributed by atoms with van der Waals surface area (Å²) in [5.41, 5.74) is 4.34. The highest BCUT2D eigenvalue weighted by molar-refractivity contribution is 7.98. The molecule has 4 N–H and O–H groups in total. The van der Waals surface area contributed by atoms with Crippen molar-refractivity contribution in [2.45, 2.75) is 18.6 Å². The van der Waals surface area contributed by atoms with E-state index < -0.39 is 29.4 Å². The van der Waals surface area contributed by atoms with E-state index in [4.69, 9.17) is 5.73 Å². The highest BCUT2D eigenvalue weighted by atomic mass is 32.2. The van der Waals surface area contributed by atoms with Crippen molar-refractivity contribution in [3.63, 3.8) is 0 Å². The Bertz CT molecular complexity index is 480. The standard InChI is InChI=1S/C12H15F3N2O2S/c1-20-5-4-8(16)11(19)17-9-6-7(12(13,14)15)2-3-10(9)18/h2-3,6,8,18H,4-5,16H2,1H3,(H,17,19)/t8-/m0/s1. The highest BCUT2D eigenvalue weighted by Gasteiger charge is 2.31. The van der Waals surface area contributed by atoms with Crippen LogP contribution in [0.1, 0.15) is 12.0 Å². The second-order valence-electron chi connectivity index (χ2n) is 4.11. The van der Waals surface area contributed by atoms with Gasteiger partial charge >= 0.3 is 6.18 Å². The fourth-order valence-corrected chi connectivity index (χ4v) is 1.90. The molecular formula is C12H15F3N2O2S. The molecule has 0 aliphatic rings. The molecule has 1 atom stereocenters. The predicted molar refractivity (Wildman–Crippen MR) is 72.7 cm³/mol. The number of amides is 1. The van der Waals surface area contributed by atoms with Gasteiger partial charge in [0, 0.05) is 0 Å². The number of phenols is 1. The summed E-state index contributed by atoms with van der Waals surface area (Å²) in [6.07, 6.45) is -2.30. The van der Waals surface area contributed by atoms with Gasteiger partial charge in [0.05, 0.1) is 17.3 Å². The van der Waals surface area contributed by atoms with Crippen LogP contribution in [0, 0.1) is 0 Å². The number of hydrogen-bond donors (Lipinski definition) is 3. The third-order valence-corrected chi connectivity index (χ3v) is 3.20. The number of carbonyl (C=O) groups excluding carboxylic acids is 1. The number of nitrogens with two attached hydrogens (primary N) is 1. The number of rotatable bonds is 5. The molecule has 0 radical (unpaired) electrons. The summed E-state index contributed by atoms with van der Waals surface area (Å²) in [6, 6.07) is 1.45. The van der Waals surface area contributed by atoms with Crippen LogP contribution in [0.5, 0.6) is 5.75 Å². The van der Waals surface area contributed by atoms with Gasteiger partial charge in [-0.15, -0.1) is 0 Å². The first kappa shape index (κ1) is 16.6. The fraction of sp³-hybridized carbons (Fsp3) is 0.417. The van der Waals surface area contributed by atoms with Gasteiger partial charge in [-0.2, -0.15) is 24.9 Å². The Labute approximate surface area is 118 Å². The Morgan fingerprint density at radius 2 is 2.15 bits per heavy atom. The molecule has 0 heterocycles. The maximum Gasteiger partial charge on any atom is 0.416 e. The van der Waals surface area contributed by atoms with E-state index in [9.17, 15) is 23.1 Å². The van der Waals surface area contributed by atoms with E-state index in [1.807, 2.05) is 6.26 Å². The molecule has 0 saturated heterocycles. The third-order valence-electron chi connectivity index (χ3n) is 2.55. The van der Waals surface area contributed by atoms with Crippen molar-refractivity contribution < 1.29 is 23.1 Å². The monoisotopic (exact) mass is 308 g/mol. The number of alkyl halides is 3. The number of thioether (sulfide) groups is 1. The van der Waals surface area contributed by atoms with Gasteiger partial charge in [0.2, 0.25) is 5.91 Å². The normalized spacial score (nSPS) is 13.1. The zero-order valence-corrected chi connectivity index (χ0v) is 11.5. The summed E-state index contributed by atoms with van der Waals surface area (Å²) in [4.78, 5) is 11.7. The number of phenolic OH excluding ortho intramolecular Hbond substituents is 1. The molecule has 0 unspecified atom stereocenters. The van der Waals surface area contributed by atoms with Crippen LogP contribution in [0.25, 0.3) is 0 Å². The van der Waals surface area contributed by atoms with Crippen LogP contribution < -0.4 is 11.1 Å². The second-order valence-corrected chi connectivity index (χ2v) is 5.09. The summed E-state index contributed by atoms with van der Waals surface area (Å²) in [5, 5.41) is 11.7. The molecule has 112 valence electrons. The van der Waals surface area contributed by atoms with Crippen molar-refractivity contribution in [2.75, 3.05) is 17.3 Å². The average molecular weight is 308 g/mol. The molecule has 4 nitrogen and oxygen atoms in total. The van der Waals surface area contributed by atoms with Gasteiger partial charge in [-0.1, -0.05) is 0 Å². The fourth-order valence-electron chi connectivity index (χ4n) is 1.41. The van der Waals surface area contributed by atoms with Crippen molar-refractivity contribution >= 4 is 23.4 Å². The largest absolute Gasteiger partial charge is 0.506 e. The van der Waals surface area contributed by atoms with Crippen molar-refractivity contribution in [3.8, 4) is 5.75 Å². The smallest absolute Gasteiger partial charge is 0.416 e. The van der Waals surface area contributed by atoms with Crippen molar-refractivity contribution in [3.05, 3.63) is 23.8 Å². The highest BCUT2D eigenvalue weighted by Crippen LogP contribution is 2.34. The van der Waals surface area contributed by atoms with Crippen molar-refractivity contribution in [1.29, 1.82) is 0 Å². The summed E-state index contributed by atoms with van der Waals surface area (Å²) >= 11 is 1.50. The quantitative estimate of drug-likeness (QED) is 0.730. The van der Waals surface area contributed by atoms with Gasteiger partial charge in [0.1, 0.15) is 5.75 Å². The molecule has 0 spiro atoms. The van der Waals surface area contributed by atoms with Gasteiger partial charge in [-0.25, -0.2) is 0 Å². The first-order valence-corrected chi connectivity index (χ1v) is 7.10. The van der Waals surface area contributed by atoms with Crippen molar-refractivity contribution in [2.24, 2.45) is 5.73 Å². The SMILES string of the molecule is CSCC[C@H](N)C(=O)Nc1cc(C(F)(F)F)ccc1O. The minimum atomic E-state index is -4.55. The maximum atomic E-state index is 12.5. The number of nitrogens with one attached hydrogen (secondary N) is 1. The second kappa shape index (κ2) is 6.85. The molecule has 0 aliphatic heterocycles. The first-order chi connectivity index (χ1) is 9.25. The Morgan fingerprint density at radius 3 is 2.70 bits per heavy atom. The summed E-state index contributed by atoms with van der Waals surface area (Å²) in [6.45, 7) is 0. The van der Waals surface area contributed by atoms with Crippen LogP contribution in [0.3, 0.4) is 0 Å². The van der Waals surface area contributed by atoms with Gasteiger partial charge < -0.3 is 16.2 Å². The van der Waals surface area contributed by atoms with Crippen LogP contribution in [-0.2, 0) is 11.0 Å². The van der Waals surface area contributed by atoms with Gasteiger partial charge in [-0.3, -0.25) is 4.79 Å².